The summed E-state index contributed by atoms with van der Waals surface area (Å²) in [5.74, 6) is 0.572. The number of alkyl halides is 1. The second kappa shape index (κ2) is 8.18. The van der Waals surface area contributed by atoms with Crippen molar-refractivity contribution in [2.45, 2.75) is 23.6 Å². The van der Waals surface area contributed by atoms with E-state index in [4.69, 9.17) is 52.8 Å². The summed E-state index contributed by atoms with van der Waals surface area (Å²) in [4.78, 5) is 0.0795. The first-order valence-electron chi connectivity index (χ1n) is 8.21. The second-order valence-electron chi connectivity index (χ2n) is 6.45. The SMILES string of the molecule is Cc1ccc(C2(Cl)c3cc(Cl)cc(Cl)c3SCC2C=NNC(N)=S)cc1C. The molecule has 0 amide bonds. The Morgan fingerprint density at radius 3 is 2.70 bits per heavy atom. The predicted molar refractivity (Wildman–Crippen MR) is 122 cm³/mol. The summed E-state index contributed by atoms with van der Waals surface area (Å²) in [5.41, 5.74) is 12.3. The fourth-order valence-corrected chi connectivity index (χ4v) is 5.65. The van der Waals surface area contributed by atoms with Crippen LogP contribution in [0.2, 0.25) is 10.0 Å². The number of aryl methyl sites for hydroxylation is 2. The lowest BCUT2D eigenvalue weighted by Gasteiger charge is -2.40. The summed E-state index contributed by atoms with van der Waals surface area (Å²) in [6, 6.07) is 9.86. The number of thioether (sulfide) groups is 1. The van der Waals surface area contributed by atoms with Gasteiger partial charge in [-0.2, -0.15) is 5.10 Å². The molecule has 0 bridgehead atoms. The molecular weight excluding hydrogens is 441 g/mol. The smallest absolute Gasteiger partial charge is 0.184 e. The number of hydrazone groups is 1. The average molecular weight is 459 g/mol. The molecule has 1 heterocycles. The van der Waals surface area contributed by atoms with Crippen LogP contribution in [-0.4, -0.2) is 17.1 Å². The fraction of sp³-hybridized carbons (Fsp3) is 0.263. The largest absolute Gasteiger partial charge is 0.375 e. The molecule has 3 nitrogen and oxygen atoms in total. The number of rotatable bonds is 3. The van der Waals surface area contributed by atoms with Gasteiger partial charge >= 0.3 is 0 Å². The Morgan fingerprint density at radius 2 is 2.04 bits per heavy atom. The van der Waals surface area contributed by atoms with Gasteiger partial charge in [0.25, 0.3) is 0 Å². The van der Waals surface area contributed by atoms with Crippen molar-refractivity contribution in [3.05, 3.63) is 62.6 Å². The minimum absolute atomic E-state index is 0.104. The second-order valence-corrected chi connectivity index (χ2v) is 9.36. The van der Waals surface area contributed by atoms with Crippen molar-refractivity contribution in [3.8, 4) is 0 Å². The quantitative estimate of drug-likeness (QED) is 0.271. The number of nitrogens with zero attached hydrogens (tertiary/aromatic N) is 1. The number of fused-ring (bicyclic) bond motifs is 1. The Balaban J connectivity index is 2.20. The molecule has 2 aromatic carbocycles. The van der Waals surface area contributed by atoms with Gasteiger partial charge in [0.2, 0.25) is 0 Å². The van der Waals surface area contributed by atoms with Gasteiger partial charge in [0.05, 0.1) is 5.02 Å². The maximum atomic E-state index is 7.37. The van der Waals surface area contributed by atoms with Gasteiger partial charge in [-0.3, -0.25) is 5.43 Å². The van der Waals surface area contributed by atoms with E-state index in [0.717, 1.165) is 21.6 Å². The molecule has 0 aliphatic carbocycles. The molecule has 142 valence electrons. The monoisotopic (exact) mass is 457 g/mol. The van der Waals surface area contributed by atoms with E-state index in [1.807, 2.05) is 12.1 Å². The Morgan fingerprint density at radius 1 is 1.30 bits per heavy atom. The summed E-state index contributed by atoms with van der Waals surface area (Å²) in [5, 5.41) is 5.43. The summed E-state index contributed by atoms with van der Waals surface area (Å²) >= 11 is 26.6. The fourth-order valence-electron chi connectivity index (χ4n) is 3.14. The van der Waals surface area contributed by atoms with E-state index in [1.54, 1.807) is 24.0 Å². The molecule has 1 aliphatic rings. The Hall–Kier alpha value is -0.980. The number of hydrogen-bond donors (Lipinski definition) is 2. The zero-order valence-corrected chi connectivity index (χ0v) is 18.6. The van der Waals surface area contributed by atoms with Crippen molar-refractivity contribution in [3.63, 3.8) is 0 Å². The topological polar surface area (TPSA) is 50.4 Å². The molecule has 2 unspecified atom stereocenters. The Bertz CT molecular complexity index is 933. The number of benzene rings is 2. The molecule has 0 aromatic heterocycles. The molecule has 1 aliphatic heterocycles. The van der Waals surface area contributed by atoms with Crippen LogP contribution in [0.15, 0.2) is 40.3 Å². The van der Waals surface area contributed by atoms with E-state index < -0.39 is 4.87 Å². The molecule has 2 aromatic rings. The van der Waals surface area contributed by atoms with Crippen molar-refractivity contribution in [1.82, 2.24) is 5.43 Å². The lowest BCUT2D eigenvalue weighted by molar-refractivity contribution is 0.585. The number of nitrogens with two attached hydrogens (primary N) is 1. The van der Waals surface area contributed by atoms with E-state index in [0.29, 0.717) is 15.8 Å². The zero-order valence-electron chi connectivity index (χ0n) is 14.7. The molecule has 0 saturated heterocycles. The molecule has 0 fully saturated rings. The Labute approximate surface area is 183 Å². The first-order chi connectivity index (χ1) is 12.7. The van der Waals surface area contributed by atoms with Crippen LogP contribution in [0.4, 0.5) is 0 Å². The minimum Gasteiger partial charge on any atom is -0.375 e. The first kappa shape index (κ1) is 20.7. The zero-order chi connectivity index (χ0) is 19.8. The average Bonchev–Trinajstić information content (AvgIpc) is 2.59. The number of halogens is 3. The van der Waals surface area contributed by atoms with Crippen LogP contribution in [0.25, 0.3) is 0 Å². The van der Waals surface area contributed by atoms with Crippen molar-refractivity contribution in [2.24, 2.45) is 16.8 Å². The van der Waals surface area contributed by atoms with Gasteiger partial charge in [0.15, 0.2) is 5.11 Å². The van der Waals surface area contributed by atoms with Crippen LogP contribution in [0.5, 0.6) is 0 Å². The third kappa shape index (κ3) is 4.08. The molecule has 0 saturated carbocycles. The standard InChI is InChI=1S/C19H18Cl3N3S2/c1-10-3-4-12(5-11(10)2)19(22)13(8-24-25-18(23)26)9-27-17-15(19)6-14(20)7-16(17)21/h3-8,13H,9H2,1-2H3,(H3,23,25,26). The lowest BCUT2D eigenvalue weighted by Crippen LogP contribution is -2.38. The van der Waals surface area contributed by atoms with Gasteiger partial charge in [0.1, 0.15) is 4.87 Å². The van der Waals surface area contributed by atoms with Crippen LogP contribution >= 0.6 is 58.8 Å². The highest BCUT2D eigenvalue weighted by molar-refractivity contribution is 7.99. The highest BCUT2D eigenvalue weighted by Crippen LogP contribution is 2.54. The molecule has 3 rings (SSSR count). The summed E-state index contributed by atoms with van der Waals surface area (Å²) in [7, 11) is 0. The Kier molecular flexibility index (Phi) is 6.28. The van der Waals surface area contributed by atoms with Gasteiger partial charge in [-0.1, -0.05) is 41.4 Å². The maximum Gasteiger partial charge on any atom is 0.184 e. The van der Waals surface area contributed by atoms with Crippen LogP contribution < -0.4 is 11.2 Å². The normalized spacial score (nSPS) is 21.9. The predicted octanol–water partition coefficient (Wildman–Crippen LogP) is 5.63. The molecule has 27 heavy (non-hydrogen) atoms. The molecule has 8 heteroatoms. The van der Waals surface area contributed by atoms with Crippen molar-refractivity contribution >= 4 is 70.1 Å². The maximum absolute atomic E-state index is 7.37. The van der Waals surface area contributed by atoms with E-state index >= 15 is 0 Å². The highest BCUT2D eigenvalue weighted by Gasteiger charge is 2.45. The van der Waals surface area contributed by atoms with Gasteiger partial charge in [-0.25, -0.2) is 0 Å². The van der Waals surface area contributed by atoms with Crippen LogP contribution in [0, 0.1) is 19.8 Å². The van der Waals surface area contributed by atoms with E-state index in [2.05, 4.69) is 36.5 Å². The van der Waals surface area contributed by atoms with Crippen molar-refractivity contribution < 1.29 is 0 Å². The minimum atomic E-state index is -0.866. The highest BCUT2D eigenvalue weighted by atomic mass is 35.5. The van der Waals surface area contributed by atoms with Gasteiger partial charge in [-0.05, 0) is 60.5 Å². The summed E-state index contributed by atoms with van der Waals surface area (Å²) in [6.45, 7) is 4.14. The summed E-state index contributed by atoms with van der Waals surface area (Å²) < 4.78 is 0. The third-order valence-corrected chi connectivity index (χ3v) is 7.35. The van der Waals surface area contributed by atoms with E-state index in [-0.39, 0.29) is 11.0 Å². The third-order valence-electron chi connectivity index (χ3n) is 4.67. The molecular formula is C19H18Cl3N3S2. The van der Waals surface area contributed by atoms with Gasteiger partial charge < -0.3 is 5.73 Å². The molecule has 0 radical (unpaired) electrons. The van der Waals surface area contributed by atoms with Crippen molar-refractivity contribution in [2.75, 3.05) is 5.75 Å². The molecule has 0 spiro atoms. The summed E-state index contributed by atoms with van der Waals surface area (Å²) in [6.07, 6.45) is 1.76. The number of hydrogen-bond acceptors (Lipinski definition) is 3. The van der Waals surface area contributed by atoms with Crippen LogP contribution in [0.1, 0.15) is 22.3 Å². The lowest BCUT2D eigenvalue weighted by atomic mass is 9.79. The van der Waals surface area contributed by atoms with Gasteiger partial charge in [-0.15, -0.1) is 23.4 Å². The van der Waals surface area contributed by atoms with Crippen LogP contribution in [-0.2, 0) is 4.87 Å². The van der Waals surface area contributed by atoms with Crippen molar-refractivity contribution in [1.29, 1.82) is 0 Å². The number of thiocarbonyl (C=S) groups is 1. The number of nitrogens with one attached hydrogen (secondary N) is 1. The first-order valence-corrected chi connectivity index (χ1v) is 10.7. The molecule has 3 N–H and O–H groups in total. The molecule has 2 atom stereocenters. The van der Waals surface area contributed by atoms with E-state index in [9.17, 15) is 0 Å². The van der Waals surface area contributed by atoms with Crippen LogP contribution in [0.3, 0.4) is 0 Å². The van der Waals surface area contributed by atoms with Gasteiger partial charge in [0, 0.05) is 27.8 Å². The van der Waals surface area contributed by atoms with E-state index in [1.165, 1.54) is 5.56 Å².